The fourth-order valence-corrected chi connectivity index (χ4v) is 2.36. The summed E-state index contributed by atoms with van der Waals surface area (Å²) in [6, 6.07) is 6.01. The molecule has 1 atom stereocenters. The highest BCUT2D eigenvalue weighted by Crippen LogP contribution is 2.39. The molecule has 0 saturated carbocycles. The highest BCUT2D eigenvalue weighted by molar-refractivity contribution is 9.10. The van der Waals surface area contributed by atoms with Crippen LogP contribution >= 0.6 is 15.9 Å². The highest BCUT2D eigenvalue weighted by atomic mass is 79.9. The van der Waals surface area contributed by atoms with Crippen molar-refractivity contribution in [2.75, 3.05) is 7.11 Å². The largest absolute Gasteiger partial charge is 0.366 e. The predicted molar refractivity (Wildman–Crippen MR) is 57.2 cm³/mol. The fraction of sp³-hybridized carbons (Fsp3) is 0.364. The van der Waals surface area contributed by atoms with Crippen LogP contribution in [-0.2, 0) is 21.6 Å². The van der Waals surface area contributed by atoms with Gasteiger partial charge in [-0.05, 0) is 36.1 Å². The van der Waals surface area contributed by atoms with Crippen LogP contribution in [0.3, 0.4) is 0 Å². The third-order valence-electron chi connectivity index (χ3n) is 2.85. The van der Waals surface area contributed by atoms with Crippen LogP contribution in [0.5, 0.6) is 0 Å². The summed E-state index contributed by atoms with van der Waals surface area (Å²) in [5, 5.41) is 0. The van der Waals surface area contributed by atoms with E-state index in [2.05, 4.69) is 15.9 Å². The Kier molecular flexibility index (Phi) is 2.45. The lowest BCUT2D eigenvalue weighted by Crippen LogP contribution is -2.27. The Balaban J connectivity index is 2.56. The van der Waals surface area contributed by atoms with Crippen LogP contribution in [-0.4, -0.2) is 13.4 Å². The Bertz CT molecular complexity index is 376. The molecule has 0 heterocycles. The van der Waals surface area contributed by atoms with Gasteiger partial charge in [-0.25, -0.2) is 0 Å². The van der Waals surface area contributed by atoms with Gasteiger partial charge in [0.15, 0.2) is 6.29 Å². The van der Waals surface area contributed by atoms with Gasteiger partial charge in [0.05, 0.1) is 0 Å². The number of ether oxygens (including phenoxy) is 1. The van der Waals surface area contributed by atoms with Crippen LogP contribution < -0.4 is 0 Å². The van der Waals surface area contributed by atoms with Gasteiger partial charge in [0.1, 0.15) is 5.60 Å². The first-order chi connectivity index (χ1) is 6.72. The zero-order valence-corrected chi connectivity index (χ0v) is 9.50. The van der Waals surface area contributed by atoms with Gasteiger partial charge in [-0.3, -0.25) is 4.79 Å². The summed E-state index contributed by atoms with van der Waals surface area (Å²) >= 11 is 3.40. The van der Waals surface area contributed by atoms with Crippen LogP contribution in [0.15, 0.2) is 22.7 Å². The predicted octanol–water partition coefficient (Wildman–Crippen LogP) is 2.44. The van der Waals surface area contributed by atoms with E-state index in [4.69, 9.17) is 4.74 Å². The lowest BCUT2D eigenvalue weighted by atomic mass is 9.98. The standard InChI is InChI=1S/C11H11BrO2/c1-14-11(7-13)5-4-8-2-3-9(12)6-10(8)11/h2-3,6-7H,4-5H2,1H3. The Morgan fingerprint density at radius 2 is 2.36 bits per heavy atom. The molecule has 2 rings (SSSR count). The average molecular weight is 255 g/mol. The zero-order chi connectivity index (χ0) is 10.2. The Labute approximate surface area is 91.4 Å². The number of aldehydes is 1. The minimum atomic E-state index is -0.709. The molecule has 0 aromatic heterocycles. The SMILES string of the molecule is COC1(C=O)CCc2ccc(Br)cc21. The first-order valence-corrected chi connectivity index (χ1v) is 5.31. The molecule has 1 unspecified atom stereocenters. The van der Waals surface area contributed by atoms with E-state index < -0.39 is 5.60 Å². The number of rotatable bonds is 2. The normalized spacial score (nSPS) is 24.7. The third kappa shape index (κ3) is 1.31. The maximum atomic E-state index is 11.1. The van der Waals surface area contributed by atoms with Crippen molar-refractivity contribution in [1.29, 1.82) is 0 Å². The van der Waals surface area contributed by atoms with Crippen molar-refractivity contribution in [3.63, 3.8) is 0 Å². The molecular formula is C11H11BrO2. The second-order valence-electron chi connectivity index (χ2n) is 3.51. The minimum absolute atomic E-state index is 0.709. The number of methoxy groups -OCH3 is 1. The van der Waals surface area contributed by atoms with E-state index in [-0.39, 0.29) is 0 Å². The molecule has 1 aromatic carbocycles. The van der Waals surface area contributed by atoms with E-state index in [9.17, 15) is 4.79 Å². The summed E-state index contributed by atoms with van der Waals surface area (Å²) in [6.07, 6.45) is 2.57. The molecule has 0 amide bonds. The lowest BCUT2D eigenvalue weighted by Gasteiger charge is -2.21. The van der Waals surface area contributed by atoms with Crippen molar-refractivity contribution >= 4 is 22.2 Å². The highest BCUT2D eigenvalue weighted by Gasteiger charge is 2.38. The van der Waals surface area contributed by atoms with Gasteiger partial charge in [0.25, 0.3) is 0 Å². The maximum absolute atomic E-state index is 11.1. The minimum Gasteiger partial charge on any atom is -0.366 e. The number of carbonyl (C=O) groups is 1. The van der Waals surface area contributed by atoms with Crippen LogP contribution in [0.1, 0.15) is 17.5 Å². The van der Waals surface area contributed by atoms with Gasteiger partial charge in [0.2, 0.25) is 0 Å². The molecule has 0 fully saturated rings. The number of hydrogen-bond acceptors (Lipinski definition) is 2. The van der Waals surface area contributed by atoms with Crippen LogP contribution in [0, 0.1) is 0 Å². The molecule has 0 radical (unpaired) electrons. The van der Waals surface area contributed by atoms with Gasteiger partial charge in [-0.15, -0.1) is 0 Å². The van der Waals surface area contributed by atoms with E-state index in [0.29, 0.717) is 0 Å². The number of benzene rings is 1. The van der Waals surface area contributed by atoms with Crippen LogP contribution in [0.4, 0.5) is 0 Å². The topological polar surface area (TPSA) is 26.3 Å². The molecule has 1 aliphatic carbocycles. The van der Waals surface area contributed by atoms with Crippen molar-refractivity contribution in [2.45, 2.75) is 18.4 Å². The molecule has 14 heavy (non-hydrogen) atoms. The van der Waals surface area contributed by atoms with Gasteiger partial charge in [0, 0.05) is 11.6 Å². The van der Waals surface area contributed by atoms with Crippen molar-refractivity contribution < 1.29 is 9.53 Å². The van der Waals surface area contributed by atoms with Crippen molar-refractivity contribution in [2.24, 2.45) is 0 Å². The number of aryl methyl sites for hydroxylation is 1. The zero-order valence-electron chi connectivity index (χ0n) is 7.92. The quantitative estimate of drug-likeness (QED) is 0.758. The second kappa shape index (κ2) is 3.48. The van der Waals surface area contributed by atoms with Gasteiger partial charge in [-0.2, -0.15) is 0 Å². The molecule has 0 N–H and O–H groups in total. The van der Waals surface area contributed by atoms with E-state index >= 15 is 0 Å². The smallest absolute Gasteiger partial charge is 0.156 e. The summed E-state index contributed by atoms with van der Waals surface area (Å²) in [4.78, 5) is 11.1. The monoisotopic (exact) mass is 254 g/mol. The van der Waals surface area contributed by atoms with Crippen molar-refractivity contribution in [3.05, 3.63) is 33.8 Å². The van der Waals surface area contributed by atoms with Gasteiger partial charge >= 0.3 is 0 Å². The third-order valence-corrected chi connectivity index (χ3v) is 3.34. The number of halogens is 1. The van der Waals surface area contributed by atoms with Crippen LogP contribution in [0.25, 0.3) is 0 Å². The molecule has 0 saturated heterocycles. The number of hydrogen-bond donors (Lipinski definition) is 0. The van der Waals surface area contributed by atoms with E-state index in [1.807, 2.05) is 18.2 Å². The Morgan fingerprint density at radius 1 is 1.57 bits per heavy atom. The van der Waals surface area contributed by atoms with E-state index in [0.717, 1.165) is 29.2 Å². The molecular weight excluding hydrogens is 244 g/mol. The first-order valence-electron chi connectivity index (χ1n) is 4.52. The fourth-order valence-electron chi connectivity index (χ4n) is 2.00. The van der Waals surface area contributed by atoms with Crippen LogP contribution in [0.2, 0.25) is 0 Å². The number of fused-ring (bicyclic) bond motifs is 1. The maximum Gasteiger partial charge on any atom is 0.156 e. The molecule has 3 heteroatoms. The van der Waals surface area contributed by atoms with Crippen molar-refractivity contribution in [1.82, 2.24) is 0 Å². The van der Waals surface area contributed by atoms with Crippen molar-refractivity contribution in [3.8, 4) is 0 Å². The van der Waals surface area contributed by atoms with Gasteiger partial charge < -0.3 is 4.74 Å². The summed E-state index contributed by atoms with van der Waals surface area (Å²) in [6.45, 7) is 0. The van der Waals surface area contributed by atoms with Gasteiger partial charge in [-0.1, -0.05) is 22.0 Å². The summed E-state index contributed by atoms with van der Waals surface area (Å²) < 4.78 is 6.33. The second-order valence-corrected chi connectivity index (χ2v) is 4.43. The van der Waals surface area contributed by atoms with E-state index in [1.165, 1.54) is 5.56 Å². The molecule has 0 spiro atoms. The van der Waals surface area contributed by atoms with E-state index in [1.54, 1.807) is 7.11 Å². The summed E-state index contributed by atoms with van der Waals surface area (Å²) in [5.41, 5.74) is 1.51. The molecule has 74 valence electrons. The molecule has 0 aliphatic heterocycles. The summed E-state index contributed by atoms with van der Waals surface area (Å²) in [5.74, 6) is 0. The number of carbonyl (C=O) groups excluding carboxylic acids is 1. The lowest BCUT2D eigenvalue weighted by molar-refractivity contribution is -0.128. The molecule has 0 bridgehead atoms. The first kappa shape index (κ1) is 9.87. The Hall–Kier alpha value is -0.670. The summed E-state index contributed by atoms with van der Waals surface area (Å²) in [7, 11) is 1.59. The molecule has 2 nitrogen and oxygen atoms in total. The molecule has 1 aromatic rings. The molecule has 1 aliphatic rings. The Morgan fingerprint density at radius 3 is 3.00 bits per heavy atom. The average Bonchev–Trinajstić information content (AvgIpc) is 2.57.